The summed E-state index contributed by atoms with van der Waals surface area (Å²) in [5.41, 5.74) is 5.72. The van der Waals surface area contributed by atoms with Crippen LogP contribution >= 0.6 is 0 Å². The van der Waals surface area contributed by atoms with E-state index in [1.54, 1.807) is 24.3 Å². The molecular weight excluding hydrogens is 272 g/mol. The standard InChI is InChI=1S/C20H18O2/c1-14(15-4-2-3-5-15)20(16-6-10-18(21)11-7-16)17-8-12-19(22)13-9-17/h2-4,6-13,21-22H,5H2,1H3. The van der Waals surface area contributed by atoms with E-state index in [9.17, 15) is 10.2 Å². The van der Waals surface area contributed by atoms with Crippen LogP contribution in [0.5, 0.6) is 11.5 Å². The van der Waals surface area contributed by atoms with Crippen LogP contribution < -0.4 is 0 Å². The molecule has 0 aromatic heterocycles. The molecule has 1 aliphatic carbocycles. The van der Waals surface area contributed by atoms with Crippen LogP contribution in [-0.4, -0.2) is 10.2 Å². The molecular formula is C20H18O2. The number of aromatic hydroxyl groups is 2. The van der Waals surface area contributed by atoms with Crippen LogP contribution in [0.1, 0.15) is 24.5 Å². The molecule has 0 fully saturated rings. The summed E-state index contributed by atoms with van der Waals surface area (Å²) in [6.45, 7) is 2.12. The van der Waals surface area contributed by atoms with E-state index in [2.05, 4.69) is 25.2 Å². The molecule has 2 aromatic carbocycles. The minimum atomic E-state index is 0.258. The zero-order valence-electron chi connectivity index (χ0n) is 12.5. The van der Waals surface area contributed by atoms with E-state index in [0.29, 0.717) is 0 Å². The van der Waals surface area contributed by atoms with E-state index in [0.717, 1.165) is 23.1 Å². The first kappa shape index (κ1) is 14.2. The Labute approximate surface area is 130 Å². The number of allylic oxidation sites excluding steroid dienone is 5. The van der Waals surface area contributed by atoms with Crippen molar-refractivity contribution in [2.75, 3.05) is 0 Å². The first-order valence-electron chi connectivity index (χ1n) is 7.31. The minimum absolute atomic E-state index is 0.258. The van der Waals surface area contributed by atoms with Crippen LogP contribution in [-0.2, 0) is 0 Å². The maximum absolute atomic E-state index is 9.53. The highest BCUT2D eigenvalue weighted by Gasteiger charge is 2.13. The molecule has 0 amide bonds. The lowest BCUT2D eigenvalue weighted by Crippen LogP contribution is -1.94. The Morgan fingerprint density at radius 2 is 1.32 bits per heavy atom. The lowest BCUT2D eigenvalue weighted by Gasteiger charge is -2.15. The Hall–Kier alpha value is -2.74. The highest BCUT2D eigenvalue weighted by molar-refractivity contribution is 5.84. The summed E-state index contributed by atoms with van der Waals surface area (Å²) in [5, 5.41) is 19.1. The molecule has 2 heteroatoms. The predicted octanol–water partition coefficient (Wildman–Crippen LogP) is 4.81. The number of hydrogen-bond donors (Lipinski definition) is 2. The van der Waals surface area contributed by atoms with Crippen LogP contribution in [0, 0.1) is 0 Å². The van der Waals surface area contributed by atoms with Crippen LogP contribution in [0.25, 0.3) is 5.57 Å². The van der Waals surface area contributed by atoms with Crippen molar-refractivity contribution in [2.24, 2.45) is 0 Å². The average Bonchev–Trinajstić information content (AvgIpc) is 3.05. The summed E-state index contributed by atoms with van der Waals surface area (Å²) in [6, 6.07) is 14.5. The smallest absolute Gasteiger partial charge is 0.115 e. The molecule has 0 radical (unpaired) electrons. The van der Waals surface area contributed by atoms with Gasteiger partial charge >= 0.3 is 0 Å². The van der Waals surface area contributed by atoms with E-state index in [1.165, 1.54) is 11.1 Å². The van der Waals surface area contributed by atoms with Gasteiger partial charge in [0.2, 0.25) is 0 Å². The van der Waals surface area contributed by atoms with Gasteiger partial charge in [0.25, 0.3) is 0 Å². The van der Waals surface area contributed by atoms with Gasteiger partial charge < -0.3 is 10.2 Å². The second kappa shape index (κ2) is 5.94. The normalized spacial score (nSPS) is 13.0. The summed E-state index contributed by atoms with van der Waals surface area (Å²) >= 11 is 0. The molecule has 2 nitrogen and oxygen atoms in total. The zero-order valence-corrected chi connectivity index (χ0v) is 12.5. The van der Waals surface area contributed by atoms with Crippen LogP contribution in [0.4, 0.5) is 0 Å². The highest BCUT2D eigenvalue weighted by atomic mass is 16.3. The van der Waals surface area contributed by atoms with Crippen molar-refractivity contribution < 1.29 is 10.2 Å². The largest absolute Gasteiger partial charge is 0.508 e. The molecule has 22 heavy (non-hydrogen) atoms. The van der Waals surface area contributed by atoms with Crippen molar-refractivity contribution in [2.45, 2.75) is 13.3 Å². The second-order valence-electron chi connectivity index (χ2n) is 5.42. The molecule has 0 spiro atoms. The van der Waals surface area contributed by atoms with Gasteiger partial charge in [0.15, 0.2) is 0 Å². The van der Waals surface area contributed by atoms with E-state index in [4.69, 9.17) is 0 Å². The van der Waals surface area contributed by atoms with E-state index >= 15 is 0 Å². The van der Waals surface area contributed by atoms with Crippen molar-refractivity contribution >= 4 is 5.57 Å². The Morgan fingerprint density at radius 3 is 1.73 bits per heavy atom. The lowest BCUT2D eigenvalue weighted by molar-refractivity contribution is 0.475. The quantitative estimate of drug-likeness (QED) is 0.852. The van der Waals surface area contributed by atoms with Crippen molar-refractivity contribution in [3.05, 3.63) is 89.0 Å². The number of rotatable bonds is 3. The van der Waals surface area contributed by atoms with E-state index in [-0.39, 0.29) is 11.5 Å². The third kappa shape index (κ3) is 2.82. The maximum Gasteiger partial charge on any atom is 0.115 e. The Bertz CT molecular complexity index is 713. The van der Waals surface area contributed by atoms with Crippen LogP contribution in [0.15, 0.2) is 77.9 Å². The molecule has 0 atom stereocenters. The van der Waals surface area contributed by atoms with Crippen molar-refractivity contribution in [1.29, 1.82) is 0 Å². The number of phenolic OH excluding ortho intramolecular Hbond substituents is 2. The molecule has 2 N–H and O–H groups in total. The van der Waals surface area contributed by atoms with E-state index < -0.39 is 0 Å². The molecule has 2 aromatic rings. The third-order valence-corrected chi connectivity index (χ3v) is 3.94. The molecule has 110 valence electrons. The molecule has 0 saturated heterocycles. The highest BCUT2D eigenvalue weighted by Crippen LogP contribution is 2.34. The van der Waals surface area contributed by atoms with Gasteiger partial charge in [0.1, 0.15) is 11.5 Å². The van der Waals surface area contributed by atoms with Gasteiger partial charge in [-0.25, -0.2) is 0 Å². The van der Waals surface area contributed by atoms with Crippen LogP contribution in [0.2, 0.25) is 0 Å². The lowest BCUT2D eigenvalue weighted by atomic mass is 9.90. The third-order valence-electron chi connectivity index (χ3n) is 3.94. The fourth-order valence-electron chi connectivity index (χ4n) is 2.74. The molecule has 0 saturated carbocycles. The molecule has 0 bridgehead atoms. The Kier molecular flexibility index (Phi) is 3.84. The number of benzene rings is 2. The number of hydrogen-bond acceptors (Lipinski definition) is 2. The summed E-state index contributed by atoms with van der Waals surface area (Å²) in [4.78, 5) is 0. The summed E-state index contributed by atoms with van der Waals surface area (Å²) in [6.07, 6.45) is 7.29. The topological polar surface area (TPSA) is 40.5 Å². The van der Waals surface area contributed by atoms with Gasteiger partial charge in [-0.2, -0.15) is 0 Å². The monoisotopic (exact) mass is 290 g/mol. The fraction of sp³-hybridized carbons (Fsp3) is 0.100. The first-order valence-corrected chi connectivity index (χ1v) is 7.31. The van der Waals surface area contributed by atoms with Gasteiger partial charge in [-0.05, 0) is 65.5 Å². The van der Waals surface area contributed by atoms with Gasteiger partial charge in [-0.15, -0.1) is 0 Å². The average molecular weight is 290 g/mol. The predicted molar refractivity (Wildman–Crippen MR) is 89.7 cm³/mol. The van der Waals surface area contributed by atoms with Crippen LogP contribution in [0.3, 0.4) is 0 Å². The van der Waals surface area contributed by atoms with Gasteiger partial charge in [-0.1, -0.05) is 42.5 Å². The minimum Gasteiger partial charge on any atom is -0.508 e. The summed E-state index contributed by atoms with van der Waals surface area (Å²) < 4.78 is 0. The Balaban J connectivity index is 2.15. The summed E-state index contributed by atoms with van der Waals surface area (Å²) in [7, 11) is 0. The molecule has 1 aliphatic rings. The van der Waals surface area contributed by atoms with Gasteiger partial charge in [0.05, 0.1) is 0 Å². The molecule has 0 unspecified atom stereocenters. The molecule has 0 heterocycles. The number of phenols is 2. The first-order chi connectivity index (χ1) is 10.6. The maximum atomic E-state index is 9.53. The van der Waals surface area contributed by atoms with E-state index in [1.807, 2.05) is 24.3 Å². The zero-order chi connectivity index (χ0) is 15.5. The molecule has 0 aliphatic heterocycles. The fourth-order valence-corrected chi connectivity index (χ4v) is 2.74. The van der Waals surface area contributed by atoms with Crippen molar-refractivity contribution in [3.63, 3.8) is 0 Å². The Morgan fingerprint density at radius 1 is 0.818 bits per heavy atom. The SMILES string of the molecule is CC(C1=CC=CC1)=C(c1ccc(O)cc1)c1ccc(O)cc1. The van der Waals surface area contributed by atoms with Gasteiger partial charge in [-0.3, -0.25) is 0 Å². The second-order valence-corrected chi connectivity index (χ2v) is 5.42. The van der Waals surface area contributed by atoms with Crippen molar-refractivity contribution in [1.82, 2.24) is 0 Å². The summed E-state index contributed by atoms with van der Waals surface area (Å²) in [5.74, 6) is 0.515. The molecule has 3 rings (SSSR count). The van der Waals surface area contributed by atoms with Gasteiger partial charge in [0, 0.05) is 0 Å². The van der Waals surface area contributed by atoms with Crippen molar-refractivity contribution in [3.8, 4) is 11.5 Å².